The van der Waals surface area contributed by atoms with Gasteiger partial charge < -0.3 is 10.2 Å². The number of amides is 2. The van der Waals surface area contributed by atoms with Crippen LogP contribution < -0.4 is 5.32 Å². The summed E-state index contributed by atoms with van der Waals surface area (Å²) in [5, 5.41) is 2.85. The lowest BCUT2D eigenvalue weighted by molar-refractivity contribution is -0.131. The van der Waals surface area contributed by atoms with E-state index < -0.39 is 5.41 Å². The molecular weight excluding hydrogens is 300 g/mol. The molecule has 1 aromatic rings. The maximum absolute atomic E-state index is 12.4. The third kappa shape index (κ3) is 5.22. The summed E-state index contributed by atoms with van der Waals surface area (Å²) in [5.74, 6) is 0.0988. The fourth-order valence-corrected chi connectivity index (χ4v) is 2.78. The Hall–Kier alpha value is -2.10. The zero-order valence-corrected chi connectivity index (χ0v) is 14.9. The van der Waals surface area contributed by atoms with Crippen LogP contribution in [0.4, 0.5) is 0 Å². The number of likely N-dealkylation sites (tertiary alicyclic amines) is 1. The molecule has 0 aromatic heterocycles. The molecule has 1 heterocycles. The highest BCUT2D eigenvalue weighted by Crippen LogP contribution is 2.20. The van der Waals surface area contributed by atoms with Crippen molar-refractivity contribution in [1.29, 1.82) is 0 Å². The van der Waals surface area contributed by atoms with Gasteiger partial charge in [0.05, 0.1) is 6.04 Å². The Bertz CT molecular complexity index is 587. The van der Waals surface area contributed by atoms with Crippen LogP contribution in [0, 0.1) is 5.41 Å². The van der Waals surface area contributed by atoms with Crippen molar-refractivity contribution >= 4 is 17.9 Å². The molecule has 0 spiro atoms. The van der Waals surface area contributed by atoms with Crippen molar-refractivity contribution in [3.8, 4) is 0 Å². The molecule has 1 atom stereocenters. The van der Waals surface area contributed by atoms with Crippen molar-refractivity contribution in [2.24, 2.45) is 5.41 Å². The third-order valence-corrected chi connectivity index (χ3v) is 4.24. The predicted molar refractivity (Wildman–Crippen MR) is 97.3 cm³/mol. The van der Waals surface area contributed by atoms with Crippen molar-refractivity contribution < 1.29 is 9.59 Å². The Kier molecular flexibility index (Phi) is 6.18. The second-order valence-corrected chi connectivity index (χ2v) is 7.32. The molecule has 1 fully saturated rings. The highest BCUT2D eigenvalue weighted by atomic mass is 16.2. The molecule has 0 aliphatic carbocycles. The smallest absolute Gasteiger partial charge is 0.225 e. The van der Waals surface area contributed by atoms with E-state index in [9.17, 15) is 9.59 Å². The van der Waals surface area contributed by atoms with Crippen molar-refractivity contribution in [1.82, 2.24) is 10.2 Å². The molecule has 130 valence electrons. The Labute approximate surface area is 144 Å². The minimum absolute atomic E-state index is 0.0164. The van der Waals surface area contributed by atoms with Gasteiger partial charge in [-0.3, -0.25) is 9.59 Å². The number of nitrogens with one attached hydrogen (secondary N) is 1. The summed E-state index contributed by atoms with van der Waals surface area (Å²) < 4.78 is 0. The van der Waals surface area contributed by atoms with Crippen LogP contribution >= 0.6 is 0 Å². The van der Waals surface area contributed by atoms with E-state index in [1.54, 1.807) is 0 Å². The van der Waals surface area contributed by atoms with E-state index in [-0.39, 0.29) is 17.9 Å². The highest BCUT2D eigenvalue weighted by Gasteiger charge is 2.27. The normalized spacial score (nSPS) is 18.1. The lowest BCUT2D eigenvalue weighted by atomic mass is 9.96. The number of hydrogen-bond donors (Lipinski definition) is 1. The molecule has 24 heavy (non-hydrogen) atoms. The fraction of sp³-hybridized carbons (Fsp3) is 0.500. The van der Waals surface area contributed by atoms with E-state index in [0.717, 1.165) is 24.9 Å². The first-order valence-electron chi connectivity index (χ1n) is 8.69. The number of carbonyl (C=O) groups excluding carboxylic acids is 2. The molecule has 1 aliphatic heterocycles. The minimum Gasteiger partial charge on any atom is -0.355 e. The average Bonchev–Trinajstić information content (AvgIpc) is 3.01. The van der Waals surface area contributed by atoms with Crippen LogP contribution in [0.1, 0.15) is 45.6 Å². The first kappa shape index (κ1) is 18.2. The van der Waals surface area contributed by atoms with Gasteiger partial charge in [0, 0.05) is 24.9 Å². The van der Waals surface area contributed by atoms with Gasteiger partial charge in [-0.15, -0.1) is 0 Å². The molecule has 1 aromatic carbocycles. The topological polar surface area (TPSA) is 49.4 Å². The zero-order valence-electron chi connectivity index (χ0n) is 14.9. The molecule has 2 rings (SSSR count). The van der Waals surface area contributed by atoms with E-state index >= 15 is 0 Å². The van der Waals surface area contributed by atoms with E-state index in [1.807, 2.05) is 43.9 Å². The van der Waals surface area contributed by atoms with Crippen molar-refractivity contribution in [2.75, 3.05) is 13.1 Å². The summed E-state index contributed by atoms with van der Waals surface area (Å²) in [4.78, 5) is 26.2. The largest absolute Gasteiger partial charge is 0.355 e. The molecule has 1 aliphatic rings. The Morgan fingerprint density at radius 2 is 1.96 bits per heavy atom. The van der Waals surface area contributed by atoms with Gasteiger partial charge >= 0.3 is 0 Å². The maximum Gasteiger partial charge on any atom is 0.225 e. The molecule has 2 amide bonds. The van der Waals surface area contributed by atoms with Crippen LogP contribution in [0.25, 0.3) is 6.08 Å². The summed E-state index contributed by atoms with van der Waals surface area (Å²) in [6.45, 7) is 6.81. The summed E-state index contributed by atoms with van der Waals surface area (Å²) >= 11 is 0. The Balaban J connectivity index is 1.85. The quantitative estimate of drug-likeness (QED) is 0.902. The first-order chi connectivity index (χ1) is 11.4. The third-order valence-electron chi connectivity index (χ3n) is 4.24. The minimum atomic E-state index is -0.419. The SMILES string of the molecule is CC(C)(C)C(=O)NCCC(=O)N1CCCC1/C=C/c1ccccc1. The number of carbonyl (C=O) groups is 2. The molecule has 1 N–H and O–H groups in total. The van der Waals surface area contributed by atoms with E-state index in [2.05, 4.69) is 29.6 Å². The average molecular weight is 328 g/mol. The molecule has 1 saturated heterocycles. The molecule has 4 heteroatoms. The van der Waals surface area contributed by atoms with Crippen molar-refractivity contribution in [3.05, 3.63) is 42.0 Å². The second kappa shape index (κ2) is 8.13. The van der Waals surface area contributed by atoms with E-state index in [1.165, 1.54) is 0 Å². The first-order valence-corrected chi connectivity index (χ1v) is 8.69. The van der Waals surface area contributed by atoms with Crippen molar-refractivity contribution in [3.63, 3.8) is 0 Å². The monoisotopic (exact) mass is 328 g/mol. The summed E-state index contributed by atoms with van der Waals surface area (Å²) in [6.07, 6.45) is 6.59. The Morgan fingerprint density at radius 1 is 1.25 bits per heavy atom. The number of benzene rings is 1. The standard InChI is InChI=1S/C20H28N2O2/c1-20(2,3)19(24)21-14-13-18(23)22-15-7-10-17(22)12-11-16-8-5-4-6-9-16/h4-6,8-9,11-12,17H,7,10,13-15H2,1-3H3,(H,21,24)/b12-11+. The second-order valence-electron chi connectivity index (χ2n) is 7.32. The van der Waals surface area contributed by atoms with Crippen LogP contribution in [0.3, 0.4) is 0 Å². The number of rotatable bonds is 5. The van der Waals surface area contributed by atoms with Gasteiger partial charge in [0.25, 0.3) is 0 Å². The lowest BCUT2D eigenvalue weighted by Crippen LogP contribution is -2.39. The summed E-state index contributed by atoms with van der Waals surface area (Å²) in [6, 6.07) is 10.3. The van der Waals surface area contributed by atoms with Gasteiger partial charge in [0.2, 0.25) is 11.8 Å². The van der Waals surface area contributed by atoms with Crippen LogP contribution in [0.5, 0.6) is 0 Å². The van der Waals surface area contributed by atoms with Gasteiger partial charge in [-0.2, -0.15) is 0 Å². The highest BCUT2D eigenvalue weighted by molar-refractivity contribution is 5.82. The van der Waals surface area contributed by atoms with Gasteiger partial charge in [-0.05, 0) is 18.4 Å². The van der Waals surface area contributed by atoms with Crippen LogP contribution in [-0.2, 0) is 9.59 Å². The van der Waals surface area contributed by atoms with Crippen molar-refractivity contribution in [2.45, 2.75) is 46.1 Å². The zero-order chi connectivity index (χ0) is 17.6. The predicted octanol–water partition coefficient (Wildman–Crippen LogP) is 3.24. The van der Waals surface area contributed by atoms with E-state index in [4.69, 9.17) is 0 Å². The summed E-state index contributed by atoms with van der Waals surface area (Å²) in [7, 11) is 0. The molecule has 0 radical (unpaired) electrons. The maximum atomic E-state index is 12.4. The number of hydrogen-bond acceptors (Lipinski definition) is 2. The molecular formula is C20H28N2O2. The molecule has 0 saturated carbocycles. The molecule has 0 bridgehead atoms. The summed E-state index contributed by atoms with van der Waals surface area (Å²) in [5.41, 5.74) is 0.728. The van der Waals surface area contributed by atoms with E-state index in [0.29, 0.717) is 13.0 Å². The number of nitrogens with zero attached hydrogens (tertiary/aromatic N) is 1. The Morgan fingerprint density at radius 3 is 2.62 bits per heavy atom. The molecule has 4 nitrogen and oxygen atoms in total. The van der Waals surface area contributed by atoms with Crippen LogP contribution in [0.15, 0.2) is 36.4 Å². The van der Waals surface area contributed by atoms with Crippen LogP contribution in [-0.4, -0.2) is 35.8 Å². The van der Waals surface area contributed by atoms with Gasteiger partial charge in [0.1, 0.15) is 0 Å². The molecule has 1 unspecified atom stereocenters. The van der Waals surface area contributed by atoms with Gasteiger partial charge in [0.15, 0.2) is 0 Å². The lowest BCUT2D eigenvalue weighted by Gasteiger charge is -2.23. The fourth-order valence-electron chi connectivity index (χ4n) is 2.78. The van der Waals surface area contributed by atoms with Crippen LogP contribution in [0.2, 0.25) is 0 Å². The van der Waals surface area contributed by atoms with Gasteiger partial charge in [-0.1, -0.05) is 63.3 Å². The van der Waals surface area contributed by atoms with Gasteiger partial charge in [-0.25, -0.2) is 0 Å².